The summed E-state index contributed by atoms with van der Waals surface area (Å²) in [6.07, 6.45) is -1.49. The molecule has 0 radical (unpaired) electrons. The Labute approximate surface area is 169 Å². The van der Waals surface area contributed by atoms with Crippen LogP contribution in [-0.2, 0) is 9.53 Å². The standard InChI is InChI=1S/C21H18O9/c22-11-6-13(30-14(23)7-11)16-19(26)8-12-9-20(16,27)21(28,18(25)29-12)17(19)15(24)10-4-2-1-3-5-10/h1-7,12,16-17,22,26-28H,8-9H2/t12-,16-,17-,19-,20-,21+/m0/s1. The first-order valence-electron chi connectivity index (χ1n) is 9.43. The zero-order valence-corrected chi connectivity index (χ0v) is 15.5. The Morgan fingerprint density at radius 1 is 1.03 bits per heavy atom. The lowest BCUT2D eigenvalue weighted by Gasteiger charge is -2.49. The number of rotatable bonds is 3. The van der Waals surface area contributed by atoms with E-state index in [9.17, 15) is 34.8 Å². The van der Waals surface area contributed by atoms with Gasteiger partial charge in [0.15, 0.2) is 5.78 Å². The van der Waals surface area contributed by atoms with Crippen molar-refractivity contribution in [2.75, 3.05) is 0 Å². The van der Waals surface area contributed by atoms with Gasteiger partial charge in [0.05, 0.1) is 23.5 Å². The first-order valence-corrected chi connectivity index (χ1v) is 9.43. The zero-order valence-electron chi connectivity index (χ0n) is 15.5. The van der Waals surface area contributed by atoms with E-state index in [0.717, 1.165) is 12.1 Å². The van der Waals surface area contributed by atoms with Crippen molar-refractivity contribution in [2.24, 2.45) is 5.92 Å². The maximum Gasteiger partial charge on any atom is 0.342 e. The van der Waals surface area contributed by atoms with E-state index in [1.165, 1.54) is 12.1 Å². The molecule has 3 bridgehead atoms. The van der Waals surface area contributed by atoms with Gasteiger partial charge in [-0.1, -0.05) is 30.3 Å². The molecule has 1 saturated heterocycles. The zero-order chi connectivity index (χ0) is 21.5. The van der Waals surface area contributed by atoms with Crippen LogP contribution in [0.3, 0.4) is 0 Å². The summed E-state index contributed by atoms with van der Waals surface area (Å²) < 4.78 is 10.3. The van der Waals surface area contributed by atoms with Gasteiger partial charge >= 0.3 is 11.6 Å². The molecule has 156 valence electrons. The second-order valence-electron chi connectivity index (χ2n) is 8.25. The van der Waals surface area contributed by atoms with Gasteiger partial charge in [-0.05, 0) is 0 Å². The van der Waals surface area contributed by atoms with Gasteiger partial charge in [-0.15, -0.1) is 0 Å². The highest BCUT2D eigenvalue weighted by Crippen LogP contribution is 2.67. The maximum absolute atomic E-state index is 13.4. The number of aromatic hydroxyl groups is 1. The minimum Gasteiger partial charge on any atom is -0.508 e. The number of aliphatic hydroxyl groups is 3. The van der Waals surface area contributed by atoms with Gasteiger partial charge in [0, 0.05) is 24.5 Å². The lowest BCUT2D eigenvalue weighted by Crippen LogP contribution is -2.67. The van der Waals surface area contributed by atoms with Crippen LogP contribution in [0.2, 0.25) is 0 Å². The first-order chi connectivity index (χ1) is 14.1. The van der Waals surface area contributed by atoms with Crippen molar-refractivity contribution >= 4 is 11.8 Å². The highest BCUT2D eigenvalue weighted by atomic mass is 16.6. The molecule has 0 amide bonds. The van der Waals surface area contributed by atoms with Crippen molar-refractivity contribution in [1.29, 1.82) is 0 Å². The average molecular weight is 414 g/mol. The van der Waals surface area contributed by atoms with Crippen LogP contribution in [0, 0.1) is 5.92 Å². The molecule has 5 rings (SSSR count). The smallest absolute Gasteiger partial charge is 0.342 e. The van der Waals surface area contributed by atoms with Crippen LogP contribution in [0.15, 0.2) is 51.7 Å². The maximum atomic E-state index is 13.4. The number of hydrogen-bond donors (Lipinski definition) is 4. The summed E-state index contributed by atoms with van der Waals surface area (Å²) in [5.74, 6) is -6.12. The number of Topliss-reactive ketones (excluding diaryl/α,β-unsaturated/α-hetero) is 1. The summed E-state index contributed by atoms with van der Waals surface area (Å²) in [4.78, 5) is 38.0. The fraction of sp³-hybridized carbons (Fsp3) is 0.381. The Morgan fingerprint density at radius 2 is 1.73 bits per heavy atom. The Kier molecular flexibility index (Phi) is 3.66. The molecule has 0 unspecified atom stereocenters. The number of ether oxygens (including phenoxy) is 1. The Bertz CT molecular complexity index is 1120. The molecule has 9 heteroatoms. The highest BCUT2D eigenvalue weighted by Gasteiger charge is 2.85. The van der Waals surface area contributed by atoms with Crippen LogP contribution in [-0.4, -0.2) is 55.1 Å². The lowest BCUT2D eigenvalue weighted by molar-refractivity contribution is -0.234. The minimum absolute atomic E-state index is 0.118. The van der Waals surface area contributed by atoms with Gasteiger partial charge in [-0.3, -0.25) is 4.79 Å². The summed E-state index contributed by atoms with van der Waals surface area (Å²) in [7, 11) is 0. The number of carbonyl (C=O) groups excluding carboxylic acids is 2. The van der Waals surface area contributed by atoms with Crippen molar-refractivity contribution in [3.8, 4) is 5.75 Å². The van der Waals surface area contributed by atoms with E-state index in [2.05, 4.69) is 0 Å². The lowest BCUT2D eigenvalue weighted by atomic mass is 9.67. The SMILES string of the molecule is O=C(c1ccccc1)[C@H]1[C@]2(O)C[C@H]3C[C@](O)([C@H]2c2cc(O)cc(=O)o2)[C@]1(O)C(=O)O3. The number of carbonyl (C=O) groups is 2. The van der Waals surface area contributed by atoms with E-state index < -0.39 is 57.9 Å². The molecule has 9 nitrogen and oxygen atoms in total. The van der Waals surface area contributed by atoms with Crippen LogP contribution in [0.4, 0.5) is 0 Å². The van der Waals surface area contributed by atoms with Gasteiger partial charge in [0.1, 0.15) is 23.2 Å². The molecule has 6 atom stereocenters. The molecule has 2 aliphatic carbocycles. The van der Waals surface area contributed by atoms with Crippen molar-refractivity contribution in [1.82, 2.24) is 0 Å². The third-order valence-corrected chi connectivity index (χ3v) is 6.61. The van der Waals surface area contributed by atoms with Gasteiger partial charge in [0.2, 0.25) is 5.60 Å². The topological polar surface area (TPSA) is 154 Å². The average Bonchev–Trinajstić information content (AvgIpc) is 2.70. The third-order valence-electron chi connectivity index (χ3n) is 6.61. The first kappa shape index (κ1) is 19.0. The fourth-order valence-corrected chi connectivity index (χ4v) is 5.62. The van der Waals surface area contributed by atoms with Crippen LogP contribution >= 0.6 is 0 Å². The largest absolute Gasteiger partial charge is 0.508 e. The highest BCUT2D eigenvalue weighted by molar-refractivity contribution is 6.04. The van der Waals surface area contributed by atoms with E-state index in [1.54, 1.807) is 18.2 Å². The number of benzene rings is 1. The Balaban J connectivity index is 1.77. The van der Waals surface area contributed by atoms with Crippen molar-refractivity contribution in [3.05, 3.63) is 64.2 Å². The quantitative estimate of drug-likeness (QED) is 0.396. The van der Waals surface area contributed by atoms with Crippen molar-refractivity contribution in [2.45, 2.75) is 41.7 Å². The molecule has 4 N–H and O–H groups in total. The van der Waals surface area contributed by atoms with Crippen molar-refractivity contribution in [3.63, 3.8) is 0 Å². The second-order valence-corrected chi connectivity index (χ2v) is 8.25. The van der Waals surface area contributed by atoms with E-state index in [0.29, 0.717) is 0 Å². The molecule has 3 fully saturated rings. The molecule has 2 aromatic rings. The van der Waals surface area contributed by atoms with Gasteiger partial charge in [0.25, 0.3) is 0 Å². The monoisotopic (exact) mass is 414 g/mol. The predicted molar refractivity (Wildman–Crippen MR) is 97.6 cm³/mol. The van der Waals surface area contributed by atoms with E-state index in [-0.39, 0.29) is 24.2 Å². The second kappa shape index (κ2) is 5.78. The molecule has 1 aliphatic heterocycles. The molecule has 3 aliphatic rings. The van der Waals surface area contributed by atoms with E-state index in [1.807, 2.05) is 0 Å². The summed E-state index contributed by atoms with van der Waals surface area (Å²) in [5.41, 5.74) is -8.16. The fourth-order valence-electron chi connectivity index (χ4n) is 5.62. The summed E-state index contributed by atoms with van der Waals surface area (Å²) >= 11 is 0. The van der Waals surface area contributed by atoms with Crippen LogP contribution < -0.4 is 5.63 Å². The molecule has 2 saturated carbocycles. The molecule has 0 spiro atoms. The predicted octanol–water partition coefficient (Wildman–Crippen LogP) is -0.146. The van der Waals surface area contributed by atoms with E-state index in [4.69, 9.17) is 9.15 Å². The molecule has 2 heterocycles. The van der Waals surface area contributed by atoms with E-state index >= 15 is 0 Å². The third kappa shape index (κ3) is 2.14. The van der Waals surface area contributed by atoms with Crippen LogP contribution in [0.25, 0.3) is 0 Å². The number of ketones is 1. The Morgan fingerprint density at radius 3 is 2.40 bits per heavy atom. The number of fused-ring (bicyclic) bond motifs is 2. The summed E-state index contributed by atoms with van der Waals surface area (Å²) in [6.45, 7) is 0. The van der Waals surface area contributed by atoms with Crippen LogP contribution in [0.1, 0.15) is 34.9 Å². The van der Waals surface area contributed by atoms with Gasteiger partial charge in [-0.2, -0.15) is 0 Å². The number of esters is 1. The minimum atomic E-state index is -2.78. The summed E-state index contributed by atoms with van der Waals surface area (Å²) in [5, 5.41) is 44.6. The summed E-state index contributed by atoms with van der Waals surface area (Å²) in [6, 6.07) is 9.57. The van der Waals surface area contributed by atoms with Gasteiger partial charge in [-0.25, -0.2) is 9.59 Å². The molecule has 1 aromatic carbocycles. The van der Waals surface area contributed by atoms with Crippen LogP contribution in [0.5, 0.6) is 5.75 Å². The molecular weight excluding hydrogens is 396 g/mol. The molecule has 1 aromatic heterocycles. The molecular formula is C21H18O9. The number of hydrogen-bond acceptors (Lipinski definition) is 9. The van der Waals surface area contributed by atoms with Crippen molar-refractivity contribution < 1.29 is 39.2 Å². The Hall–Kier alpha value is -3.01. The normalized spacial score (nSPS) is 39.0. The van der Waals surface area contributed by atoms with Gasteiger partial charge < -0.3 is 29.6 Å². The molecule has 30 heavy (non-hydrogen) atoms.